The number of carbonyl (C=O) groups excluding carboxylic acids is 1. The number of ether oxygens (including phenoxy) is 1. The van der Waals surface area contributed by atoms with Crippen molar-refractivity contribution in [1.29, 1.82) is 0 Å². The van der Waals surface area contributed by atoms with E-state index in [2.05, 4.69) is 10.3 Å². The molecule has 1 aromatic heterocycles. The number of fused-ring (bicyclic) bond motifs is 1. The average molecular weight is 340 g/mol. The number of aromatic nitrogens is 1. The maximum atomic E-state index is 12.7. The van der Waals surface area contributed by atoms with Crippen molar-refractivity contribution in [3.8, 4) is 11.5 Å². The summed E-state index contributed by atoms with van der Waals surface area (Å²) in [5.74, 6) is 1.19. The van der Waals surface area contributed by atoms with Gasteiger partial charge >= 0.3 is 0 Å². The molecule has 0 fully saturated rings. The summed E-state index contributed by atoms with van der Waals surface area (Å²) in [6, 6.07) is 24.4. The molecule has 0 saturated carbocycles. The van der Waals surface area contributed by atoms with Gasteiger partial charge in [0, 0.05) is 29.7 Å². The molecule has 26 heavy (non-hydrogen) atoms. The van der Waals surface area contributed by atoms with Gasteiger partial charge < -0.3 is 10.1 Å². The van der Waals surface area contributed by atoms with E-state index >= 15 is 0 Å². The van der Waals surface area contributed by atoms with Crippen LogP contribution in [0.3, 0.4) is 0 Å². The number of pyridine rings is 1. The number of benzene rings is 3. The summed E-state index contributed by atoms with van der Waals surface area (Å²) >= 11 is 0. The van der Waals surface area contributed by atoms with Crippen molar-refractivity contribution in [2.24, 2.45) is 0 Å². The molecule has 3 aromatic carbocycles. The molecule has 0 saturated heterocycles. The lowest BCUT2D eigenvalue weighted by Gasteiger charge is -2.10. The highest BCUT2D eigenvalue weighted by Crippen LogP contribution is 2.25. The van der Waals surface area contributed by atoms with Crippen LogP contribution in [-0.2, 0) is 0 Å². The van der Waals surface area contributed by atoms with Crippen LogP contribution in [-0.4, -0.2) is 10.9 Å². The number of hydrogen-bond donors (Lipinski definition) is 1. The van der Waals surface area contributed by atoms with E-state index in [4.69, 9.17) is 4.74 Å². The molecule has 0 bridgehead atoms. The van der Waals surface area contributed by atoms with Crippen molar-refractivity contribution in [3.05, 3.63) is 96.8 Å². The maximum absolute atomic E-state index is 12.7. The highest BCUT2D eigenvalue weighted by Gasteiger charge is 2.10. The number of rotatable bonds is 4. The molecule has 4 heteroatoms. The highest BCUT2D eigenvalue weighted by molar-refractivity contribution is 6.12. The molecule has 0 aliphatic heterocycles. The van der Waals surface area contributed by atoms with Gasteiger partial charge in [0.2, 0.25) is 0 Å². The summed E-state index contributed by atoms with van der Waals surface area (Å²) < 4.78 is 5.79. The zero-order chi connectivity index (χ0) is 17.8. The van der Waals surface area contributed by atoms with Crippen LogP contribution in [0.2, 0.25) is 0 Å². The zero-order valence-corrected chi connectivity index (χ0v) is 13.9. The quantitative estimate of drug-likeness (QED) is 0.550. The predicted molar refractivity (Wildman–Crippen MR) is 103 cm³/mol. The monoisotopic (exact) mass is 340 g/mol. The first-order valence-corrected chi connectivity index (χ1v) is 8.27. The molecule has 0 spiro atoms. The van der Waals surface area contributed by atoms with E-state index in [1.54, 1.807) is 30.6 Å². The highest BCUT2D eigenvalue weighted by atomic mass is 16.5. The summed E-state index contributed by atoms with van der Waals surface area (Å²) in [7, 11) is 0. The van der Waals surface area contributed by atoms with Gasteiger partial charge in [0.1, 0.15) is 11.5 Å². The van der Waals surface area contributed by atoms with Crippen molar-refractivity contribution in [1.82, 2.24) is 4.98 Å². The Morgan fingerprint density at radius 2 is 1.58 bits per heavy atom. The molecule has 1 heterocycles. The van der Waals surface area contributed by atoms with Gasteiger partial charge in [0.15, 0.2) is 0 Å². The smallest absolute Gasteiger partial charge is 0.256 e. The predicted octanol–water partition coefficient (Wildman–Crippen LogP) is 5.28. The Kier molecular flexibility index (Phi) is 4.31. The molecule has 0 aliphatic carbocycles. The Morgan fingerprint density at radius 1 is 0.808 bits per heavy atom. The van der Waals surface area contributed by atoms with E-state index in [-0.39, 0.29) is 5.91 Å². The minimum absolute atomic E-state index is 0.150. The zero-order valence-electron chi connectivity index (χ0n) is 13.9. The lowest BCUT2D eigenvalue weighted by Crippen LogP contribution is -2.12. The second-order valence-electron chi connectivity index (χ2n) is 5.79. The van der Waals surface area contributed by atoms with Crippen molar-refractivity contribution >= 4 is 22.4 Å². The van der Waals surface area contributed by atoms with Crippen LogP contribution in [0.15, 0.2) is 91.3 Å². The molecular weight excluding hydrogens is 324 g/mol. The Labute approximate surface area is 151 Å². The summed E-state index contributed by atoms with van der Waals surface area (Å²) in [6.45, 7) is 0. The Bertz CT molecular complexity index is 1060. The molecule has 0 unspecified atom stereocenters. The van der Waals surface area contributed by atoms with Gasteiger partial charge in [-0.2, -0.15) is 0 Å². The molecule has 0 atom stereocenters. The first kappa shape index (κ1) is 15.8. The molecule has 0 radical (unpaired) electrons. The van der Waals surface area contributed by atoms with Crippen molar-refractivity contribution < 1.29 is 9.53 Å². The first-order chi connectivity index (χ1) is 12.8. The van der Waals surface area contributed by atoms with Gasteiger partial charge in [-0.25, -0.2) is 0 Å². The topological polar surface area (TPSA) is 51.2 Å². The van der Waals surface area contributed by atoms with Crippen molar-refractivity contribution in [2.75, 3.05) is 5.32 Å². The summed E-state index contributed by atoms with van der Waals surface area (Å²) in [4.78, 5) is 16.7. The van der Waals surface area contributed by atoms with E-state index in [1.165, 1.54) is 0 Å². The number of nitrogens with zero attached hydrogens (tertiary/aromatic N) is 1. The number of hydrogen-bond acceptors (Lipinski definition) is 3. The first-order valence-electron chi connectivity index (χ1n) is 8.27. The summed E-state index contributed by atoms with van der Waals surface area (Å²) in [6.07, 6.45) is 3.34. The number of amides is 1. The fraction of sp³-hybridized carbons (Fsp3) is 0. The molecule has 4 nitrogen and oxygen atoms in total. The molecule has 0 aliphatic rings. The normalized spacial score (nSPS) is 10.5. The van der Waals surface area contributed by atoms with Gasteiger partial charge in [-0.1, -0.05) is 42.5 Å². The average Bonchev–Trinajstić information content (AvgIpc) is 2.68. The van der Waals surface area contributed by atoms with Crippen LogP contribution in [0.25, 0.3) is 10.8 Å². The lowest BCUT2D eigenvalue weighted by molar-refractivity contribution is 0.102. The molecular formula is C22H16N2O2. The molecule has 4 rings (SSSR count). The minimum Gasteiger partial charge on any atom is -0.457 e. The van der Waals surface area contributed by atoms with Crippen LogP contribution in [0.5, 0.6) is 11.5 Å². The fourth-order valence-electron chi connectivity index (χ4n) is 2.80. The summed E-state index contributed by atoms with van der Waals surface area (Å²) in [5.41, 5.74) is 1.32. The van der Waals surface area contributed by atoms with Gasteiger partial charge in [-0.3, -0.25) is 9.78 Å². The van der Waals surface area contributed by atoms with Crippen LogP contribution >= 0.6 is 0 Å². The van der Waals surface area contributed by atoms with Gasteiger partial charge in [-0.05, 0) is 41.1 Å². The minimum atomic E-state index is -0.150. The number of nitrogens with one attached hydrogen (secondary N) is 1. The third-order valence-corrected chi connectivity index (χ3v) is 4.01. The van der Waals surface area contributed by atoms with Crippen LogP contribution in [0.1, 0.15) is 10.4 Å². The standard InChI is InChI=1S/C22H16N2O2/c25-22(21-10-3-6-16-5-1-2-9-20(16)21)24-17-7-4-8-19(15-17)26-18-11-13-23-14-12-18/h1-15H,(H,24,25). The Balaban J connectivity index is 1.57. The second kappa shape index (κ2) is 7.07. The Hall–Kier alpha value is -3.66. The third kappa shape index (κ3) is 3.39. The molecule has 4 aromatic rings. The number of anilines is 1. The van der Waals surface area contributed by atoms with E-state index < -0.39 is 0 Å². The number of carbonyl (C=O) groups is 1. The van der Waals surface area contributed by atoms with Crippen LogP contribution in [0.4, 0.5) is 5.69 Å². The van der Waals surface area contributed by atoms with E-state index in [0.717, 1.165) is 10.8 Å². The lowest BCUT2D eigenvalue weighted by atomic mass is 10.0. The summed E-state index contributed by atoms with van der Waals surface area (Å²) in [5, 5.41) is 4.91. The van der Waals surface area contributed by atoms with Crippen molar-refractivity contribution in [2.45, 2.75) is 0 Å². The van der Waals surface area contributed by atoms with E-state index in [0.29, 0.717) is 22.7 Å². The van der Waals surface area contributed by atoms with Crippen LogP contribution < -0.4 is 10.1 Å². The van der Waals surface area contributed by atoms with E-state index in [1.807, 2.05) is 60.7 Å². The molecule has 126 valence electrons. The maximum Gasteiger partial charge on any atom is 0.256 e. The largest absolute Gasteiger partial charge is 0.457 e. The third-order valence-electron chi connectivity index (χ3n) is 4.01. The molecule has 1 amide bonds. The van der Waals surface area contributed by atoms with Crippen LogP contribution in [0, 0.1) is 0 Å². The Morgan fingerprint density at radius 3 is 2.46 bits per heavy atom. The van der Waals surface area contributed by atoms with Gasteiger partial charge in [0.05, 0.1) is 0 Å². The molecule has 1 N–H and O–H groups in total. The van der Waals surface area contributed by atoms with E-state index in [9.17, 15) is 4.79 Å². The SMILES string of the molecule is O=C(Nc1cccc(Oc2ccncc2)c1)c1cccc2ccccc12. The van der Waals surface area contributed by atoms with Crippen molar-refractivity contribution in [3.63, 3.8) is 0 Å². The second-order valence-corrected chi connectivity index (χ2v) is 5.79. The van der Waals surface area contributed by atoms with Gasteiger partial charge in [-0.15, -0.1) is 0 Å². The van der Waals surface area contributed by atoms with Gasteiger partial charge in [0.25, 0.3) is 5.91 Å². The fourth-order valence-corrected chi connectivity index (χ4v) is 2.80.